The molecule has 0 aliphatic carbocycles. The summed E-state index contributed by atoms with van der Waals surface area (Å²) in [7, 11) is 0. The zero-order valence-electron chi connectivity index (χ0n) is 12.5. The molecule has 2 aliphatic rings. The van der Waals surface area contributed by atoms with Gasteiger partial charge in [-0.1, -0.05) is 0 Å². The van der Waals surface area contributed by atoms with Gasteiger partial charge in [0.15, 0.2) is 0 Å². The van der Waals surface area contributed by atoms with Gasteiger partial charge < -0.3 is 14.9 Å². The average Bonchev–Trinajstić information content (AvgIpc) is 3.04. The normalized spacial score (nSPS) is 27.2. The summed E-state index contributed by atoms with van der Waals surface area (Å²) in [5.74, 6) is -0.0674. The van der Waals surface area contributed by atoms with Crippen LogP contribution in [0.25, 0.3) is 5.69 Å². The van der Waals surface area contributed by atoms with Crippen LogP contribution >= 0.6 is 22.6 Å². The first-order valence-electron chi connectivity index (χ1n) is 7.09. The summed E-state index contributed by atoms with van der Waals surface area (Å²) in [5, 5.41) is 30.5. The Bertz CT molecular complexity index is 899. The predicted octanol–water partition coefficient (Wildman–Crippen LogP) is 3.40. The van der Waals surface area contributed by atoms with Crippen LogP contribution in [0.15, 0.2) is 30.4 Å². The van der Waals surface area contributed by atoms with Crippen molar-refractivity contribution in [2.24, 2.45) is 0 Å². The van der Waals surface area contributed by atoms with Gasteiger partial charge in [-0.25, -0.2) is 0 Å². The largest absolute Gasteiger partial charge is 0.494 e. The van der Waals surface area contributed by atoms with Gasteiger partial charge in [-0.3, -0.25) is 4.57 Å². The highest BCUT2D eigenvalue weighted by Gasteiger charge is 2.56. The molecule has 4 rings (SSSR count). The maximum absolute atomic E-state index is 10.7. The molecule has 3 heterocycles. The average molecular weight is 420 g/mol. The molecule has 0 saturated heterocycles. The van der Waals surface area contributed by atoms with Crippen LogP contribution < -0.4 is 0 Å². The third-order valence-corrected chi connectivity index (χ3v) is 5.48. The molecule has 0 saturated carbocycles. The minimum absolute atomic E-state index is 0.0337. The predicted molar refractivity (Wildman–Crippen MR) is 91.5 cm³/mol. The molecule has 0 spiro atoms. The summed E-state index contributed by atoms with van der Waals surface area (Å²) in [5.41, 5.74) is 0.868. The maximum atomic E-state index is 10.7. The number of halogens is 1. The number of benzene rings is 1. The number of hydrogen-bond acceptors (Lipinski definition) is 4. The second-order valence-corrected chi connectivity index (χ2v) is 7.32. The van der Waals surface area contributed by atoms with E-state index in [4.69, 9.17) is 10.00 Å². The van der Waals surface area contributed by atoms with Gasteiger partial charge in [0, 0.05) is 3.57 Å². The van der Waals surface area contributed by atoms with Gasteiger partial charge in [-0.2, -0.15) is 5.26 Å². The molecular weight excluding hydrogens is 407 g/mol. The lowest BCUT2D eigenvalue weighted by molar-refractivity contribution is -0.0517. The lowest BCUT2D eigenvalue weighted by Gasteiger charge is -2.21. The Morgan fingerprint density at radius 3 is 2.17 bits per heavy atom. The number of fused-ring (bicyclic) bond motifs is 5. The summed E-state index contributed by atoms with van der Waals surface area (Å²) in [4.78, 5) is 0. The maximum Gasteiger partial charge on any atom is 0.205 e. The lowest BCUT2D eigenvalue weighted by atomic mass is 9.86. The summed E-state index contributed by atoms with van der Waals surface area (Å²) in [6.07, 6.45) is 3.81. The smallest absolute Gasteiger partial charge is 0.205 e. The van der Waals surface area contributed by atoms with E-state index in [0.717, 1.165) is 3.57 Å². The molecule has 0 amide bonds. The van der Waals surface area contributed by atoms with E-state index in [-0.39, 0.29) is 11.8 Å². The van der Waals surface area contributed by atoms with E-state index in [1.165, 1.54) is 4.57 Å². The Labute approximate surface area is 146 Å². The number of ether oxygens (including phenoxy) is 1. The van der Waals surface area contributed by atoms with Crippen molar-refractivity contribution in [3.63, 3.8) is 0 Å². The topological polar surface area (TPSA) is 78.4 Å². The number of hydrogen-bond donors (Lipinski definition) is 2. The minimum Gasteiger partial charge on any atom is -0.494 e. The molecule has 2 aromatic rings. The van der Waals surface area contributed by atoms with Crippen molar-refractivity contribution in [2.75, 3.05) is 0 Å². The molecule has 116 valence electrons. The van der Waals surface area contributed by atoms with Gasteiger partial charge in [0.1, 0.15) is 17.3 Å². The van der Waals surface area contributed by atoms with E-state index >= 15 is 0 Å². The van der Waals surface area contributed by atoms with Crippen LogP contribution in [-0.4, -0.2) is 14.8 Å². The van der Waals surface area contributed by atoms with Crippen LogP contribution in [-0.2, 0) is 15.9 Å². The third-order valence-electron chi connectivity index (χ3n) is 4.59. The zero-order valence-corrected chi connectivity index (χ0v) is 14.6. The number of nitrogens with zero attached hydrogens (tertiary/aromatic N) is 2. The molecule has 2 N–H and O–H groups in total. The standard InChI is InChI=1S/C17H13IN2O3/c1-16-5-6-17(2,23-16)13-12(16)14(21)20(15(13)22)10-4-3-9(8-19)11(18)7-10/h3-7,21-22H,1-2H3/t16-,17+. The zero-order chi connectivity index (χ0) is 16.6. The molecule has 2 aliphatic heterocycles. The molecule has 5 nitrogen and oxygen atoms in total. The van der Waals surface area contributed by atoms with Crippen molar-refractivity contribution in [1.82, 2.24) is 4.57 Å². The van der Waals surface area contributed by atoms with E-state index in [1.807, 2.05) is 26.0 Å². The highest BCUT2D eigenvalue weighted by atomic mass is 127. The SMILES string of the molecule is C[C@]12C=C[C@](C)(O1)c1c2c(O)n(-c2ccc(C#N)c(I)c2)c1O. The molecule has 0 radical (unpaired) electrons. The molecule has 0 unspecified atom stereocenters. The number of aromatic nitrogens is 1. The number of nitriles is 1. The van der Waals surface area contributed by atoms with Crippen LogP contribution in [0, 0.1) is 14.9 Å². The van der Waals surface area contributed by atoms with E-state index < -0.39 is 11.2 Å². The molecule has 0 fully saturated rings. The summed E-state index contributed by atoms with van der Waals surface area (Å²) in [6.45, 7) is 3.74. The highest BCUT2D eigenvalue weighted by Crippen LogP contribution is 2.60. The fourth-order valence-corrected chi connectivity index (χ4v) is 4.18. The number of aromatic hydroxyl groups is 2. The molecule has 6 heteroatoms. The van der Waals surface area contributed by atoms with Gasteiger partial charge in [-0.05, 0) is 66.8 Å². The Morgan fingerprint density at radius 2 is 1.70 bits per heavy atom. The second kappa shape index (κ2) is 4.30. The van der Waals surface area contributed by atoms with Gasteiger partial charge in [-0.15, -0.1) is 0 Å². The molecule has 1 aromatic heterocycles. The summed E-state index contributed by atoms with van der Waals surface area (Å²) in [6, 6.07) is 7.24. The molecular formula is C17H13IN2O3. The Morgan fingerprint density at radius 1 is 1.13 bits per heavy atom. The second-order valence-electron chi connectivity index (χ2n) is 6.16. The van der Waals surface area contributed by atoms with Crippen LogP contribution in [0.2, 0.25) is 0 Å². The van der Waals surface area contributed by atoms with Crippen molar-refractivity contribution < 1.29 is 14.9 Å². The van der Waals surface area contributed by atoms with Gasteiger partial charge in [0.05, 0.1) is 22.4 Å². The van der Waals surface area contributed by atoms with Crippen molar-refractivity contribution in [3.05, 3.63) is 50.6 Å². The molecule has 1 aromatic carbocycles. The van der Waals surface area contributed by atoms with E-state index in [1.54, 1.807) is 18.2 Å². The Kier molecular flexibility index (Phi) is 2.73. The first kappa shape index (κ1) is 14.6. The summed E-state index contributed by atoms with van der Waals surface area (Å²) < 4.78 is 8.14. The van der Waals surface area contributed by atoms with Crippen molar-refractivity contribution in [2.45, 2.75) is 25.0 Å². The fourth-order valence-electron chi connectivity index (χ4n) is 3.56. The Balaban J connectivity index is 1.98. The van der Waals surface area contributed by atoms with Crippen molar-refractivity contribution in [1.29, 1.82) is 5.26 Å². The highest BCUT2D eigenvalue weighted by molar-refractivity contribution is 14.1. The third kappa shape index (κ3) is 1.69. The van der Waals surface area contributed by atoms with E-state index in [0.29, 0.717) is 22.4 Å². The summed E-state index contributed by atoms with van der Waals surface area (Å²) >= 11 is 2.06. The van der Waals surface area contributed by atoms with E-state index in [9.17, 15) is 10.2 Å². The van der Waals surface area contributed by atoms with Crippen LogP contribution in [0.5, 0.6) is 11.8 Å². The van der Waals surface area contributed by atoms with Crippen molar-refractivity contribution in [3.8, 4) is 23.5 Å². The van der Waals surface area contributed by atoms with Gasteiger partial charge >= 0.3 is 0 Å². The molecule has 2 atom stereocenters. The molecule has 2 bridgehead atoms. The first-order chi connectivity index (χ1) is 10.8. The fraction of sp³-hybridized carbons (Fsp3) is 0.235. The van der Waals surface area contributed by atoms with Gasteiger partial charge in [0.25, 0.3) is 0 Å². The quantitative estimate of drug-likeness (QED) is 0.548. The molecule has 23 heavy (non-hydrogen) atoms. The van der Waals surface area contributed by atoms with Crippen molar-refractivity contribution >= 4 is 22.6 Å². The number of rotatable bonds is 1. The van der Waals surface area contributed by atoms with E-state index in [2.05, 4.69) is 28.7 Å². The monoisotopic (exact) mass is 420 g/mol. The van der Waals surface area contributed by atoms with Gasteiger partial charge in [0.2, 0.25) is 11.8 Å². The minimum atomic E-state index is -0.739. The van der Waals surface area contributed by atoms with Crippen LogP contribution in [0.1, 0.15) is 30.5 Å². The van der Waals surface area contributed by atoms with Crippen LogP contribution in [0.3, 0.4) is 0 Å². The van der Waals surface area contributed by atoms with Crippen LogP contribution in [0.4, 0.5) is 0 Å². The Hall–Kier alpha value is -1.98. The first-order valence-corrected chi connectivity index (χ1v) is 8.17. The lowest BCUT2D eigenvalue weighted by Crippen LogP contribution is -2.19.